The number of anilines is 2. The highest BCUT2D eigenvalue weighted by Crippen LogP contribution is 2.28. The number of hydrogen-bond acceptors (Lipinski definition) is 2. The summed E-state index contributed by atoms with van der Waals surface area (Å²) >= 11 is 0. The van der Waals surface area contributed by atoms with Crippen molar-refractivity contribution in [3.8, 4) is 0 Å². The van der Waals surface area contributed by atoms with Crippen molar-refractivity contribution in [1.82, 2.24) is 0 Å². The molecule has 2 aromatic rings. The van der Waals surface area contributed by atoms with Gasteiger partial charge in [-0.2, -0.15) is 0 Å². The standard InChI is InChI=1S/C15H12N2O2/c18-10-16-12-5-7-13(8-6-12)17-9-11-3-1-2-4-14(11)15(17)19/h1-8,10H,9H2,(H,16,18). The van der Waals surface area contributed by atoms with E-state index in [1.807, 2.05) is 36.4 Å². The van der Waals surface area contributed by atoms with Crippen molar-refractivity contribution in [3.05, 3.63) is 59.7 Å². The summed E-state index contributed by atoms with van der Waals surface area (Å²) in [6.07, 6.45) is 0.631. The molecule has 0 spiro atoms. The van der Waals surface area contributed by atoms with E-state index >= 15 is 0 Å². The van der Waals surface area contributed by atoms with E-state index in [0.717, 1.165) is 16.8 Å². The third-order valence-corrected chi connectivity index (χ3v) is 3.23. The maximum absolute atomic E-state index is 12.3. The fraction of sp³-hybridized carbons (Fsp3) is 0.0667. The second kappa shape index (κ2) is 4.57. The van der Waals surface area contributed by atoms with Crippen LogP contribution in [0.1, 0.15) is 15.9 Å². The Morgan fingerprint density at radius 2 is 1.79 bits per heavy atom. The van der Waals surface area contributed by atoms with Crippen LogP contribution in [0, 0.1) is 0 Å². The Bertz CT molecular complexity index is 635. The first-order chi connectivity index (χ1) is 9.29. The van der Waals surface area contributed by atoms with Crippen molar-refractivity contribution in [1.29, 1.82) is 0 Å². The summed E-state index contributed by atoms with van der Waals surface area (Å²) in [4.78, 5) is 24.3. The number of fused-ring (bicyclic) bond motifs is 1. The molecule has 0 saturated carbocycles. The average Bonchev–Trinajstić information content (AvgIpc) is 2.78. The number of amides is 2. The van der Waals surface area contributed by atoms with E-state index in [2.05, 4.69) is 5.32 Å². The molecule has 0 radical (unpaired) electrons. The number of hydrogen-bond donors (Lipinski definition) is 1. The van der Waals surface area contributed by atoms with E-state index in [-0.39, 0.29) is 5.91 Å². The van der Waals surface area contributed by atoms with E-state index in [1.165, 1.54) is 0 Å². The number of nitrogens with zero attached hydrogens (tertiary/aromatic N) is 1. The largest absolute Gasteiger partial charge is 0.329 e. The van der Waals surface area contributed by atoms with Gasteiger partial charge in [0.25, 0.3) is 5.91 Å². The van der Waals surface area contributed by atoms with Crippen LogP contribution in [-0.2, 0) is 11.3 Å². The van der Waals surface area contributed by atoms with Crippen LogP contribution in [-0.4, -0.2) is 12.3 Å². The van der Waals surface area contributed by atoms with Crippen LogP contribution >= 0.6 is 0 Å². The molecule has 0 fully saturated rings. The molecule has 1 aliphatic rings. The lowest BCUT2D eigenvalue weighted by Crippen LogP contribution is -2.22. The summed E-state index contributed by atoms with van der Waals surface area (Å²) in [6, 6.07) is 14.8. The van der Waals surface area contributed by atoms with Gasteiger partial charge in [0.2, 0.25) is 6.41 Å². The van der Waals surface area contributed by atoms with Crippen LogP contribution in [0.2, 0.25) is 0 Å². The van der Waals surface area contributed by atoms with Gasteiger partial charge in [0.1, 0.15) is 0 Å². The monoisotopic (exact) mass is 252 g/mol. The molecule has 4 heteroatoms. The van der Waals surface area contributed by atoms with Crippen molar-refractivity contribution in [2.45, 2.75) is 6.54 Å². The molecule has 0 bridgehead atoms. The number of carbonyl (C=O) groups is 2. The first-order valence-electron chi connectivity index (χ1n) is 5.99. The van der Waals surface area contributed by atoms with Gasteiger partial charge in [-0.15, -0.1) is 0 Å². The van der Waals surface area contributed by atoms with Gasteiger partial charge >= 0.3 is 0 Å². The summed E-state index contributed by atoms with van der Waals surface area (Å²) in [5, 5.41) is 2.57. The molecular weight excluding hydrogens is 240 g/mol. The molecular formula is C15H12N2O2. The van der Waals surface area contributed by atoms with Crippen molar-refractivity contribution in [2.24, 2.45) is 0 Å². The van der Waals surface area contributed by atoms with Gasteiger partial charge in [-0.1, -0.05) is 18.2 Å². The summed E-state index contributed by atoms with van der Waals surface area (Å²) in [6.45, 7) is 0.593. The van der Waals surface area contributed by atoms with Gasteiger partial charge in [0.15, 0.2) is 0 Å². The Morgan fingerprint density at radius 3 is 2.47 bits per heavy atom. The number of benzene rings is 2. The molecule has 19 heavy (non-hydrogen) atoms. The second-order valence-electron chi connectivity index (χ2n) is 4.36. The smallest absolute Gasteiger partial charge is 0.258 e. The minimum Gasteiger partial charge on any atom is -0.329 e. The highest BCUT2D eigenvalue weighted by atomic mass is 16.2. The third kappa shape index (κ3) is 1.97. The number of carbonyl (C=O) groups excluding carboxylic acids is 2. The van der Waals surface area contributed by atoms with Gasteiger partial charge in [0.05, 0.1) is 6.54 Å². The van der Waals surface area contributed by atoms with Gasteiger partial charge in [-0.05, 0) is 35.9 Å². The maximum atomic E-state index is 12.3. The number of rotatable bonds is 3. The van der Waals surface area contributed by atoms with Crippen LogP contribution in [0.25, 0.3) is 0 Å². The Morgan fingerprint density at radius 1 is 1.05 bits per heavy atom. The van der Waals surface area contributed by atoms with E-state index < -0.39 is 0 Å². The summed E-state index contributed by atoms with van der Waals surface area (Å²) in [5.74, 6) is 0.0201. The van der Waals surface area contributed by atoms with E-state index in [0.29, 0.717) is 18.6 Å². The van der Waals surface area contributed by atoms with E-state index in [1.54, 1.807) is 17.0 Å². The zero-order valence-electron chi connectivity index (χ0n) is 10.2. The normalized spacial score (nSPS) is 13.3. The predicted octanol–water partition coefficient (Wildman–Crippen LogP) is 2.42. The number of nitrogens with one attached hydrogen (secondary N) is 1. The van der Waals surface area contributed by atoms with Crippen molar-refractivity contribution >= 4 is 23.7 Å². The minimum atomic E-state index is 0.0201. The van der Waals surface area contributed by atoms with Crippen molar-refractivity contribution in [2.75, 3.05) is 10.2 Å². The fourth-order valence-corrected chi connectivity index (χ4v) is 2.27. The molecule has 1 heterocycles. The van der Waals surface area contributed by atoms with Crippen LogP contribution in [0.15, 0.2) is 48.5 Å². The fourth-order valence-electron chi connectivity index (χ4n) is 2.27. The van der Waals surface area contributed by atoms with Crippen molar-refractivity contribution < 1.29 is 9.59 Å². The van der Waals surface area contributed by atoms with E-state index in [4.69, 9.17) is 0 Å². The lowest BCUT2D eigenvalue weighted by molar-refractivity contribution is -0.105. The van der Waals surface area contributed by atoms with Gasteiger partial charge in [-0.3, -0.25) is 9.59 Å². The summed E-state index contributed by atoms with van der Waals surface area (Å²) in [7, 11) is 0. The van der Waals surface area contributed by atoms with Gasteiger partial charge in [-0.25, -0.2) is 0 Å². The molecule has 4 nitrogen and oxygen atoms in total. The highest BCUT2D eigenvalue weighted by Gasteiger charge is 2.27. The summed E-state index contributed by atoms with van der Waals surface area (Å²) in [5.41, 5.74) is 3.35. The quantitative estimate of drug-likeness (QED) is 0.853. The summed E-state index contributed by atoms with van der Waals surface area (Å²) < 4.78 is 0. The lowest BCUT2D eigenvalue weighted by atomic mass is 10.1. The molecule has 1 N–H and O–H groups in total. The Labute approximate surface area is 110 Å². The Hall–Kier alpha value is -2.62. The molecule has 0 aliphatic carbocycles. The first kappa shape index (κ1) is 11.5. The van der Waals surface area contributed by atoms with Crippen LogP contribution in [0.3, 0.4) is 0 Å². The zero-order chi connectivity index (χ0) is 13.2. The minimum absolute atomic E-state index is 0.0201. The van der Waals surface area contributed by atoms with Crippen molar-refractivity contribution in [3.63, 3.8) is 0 Å². The topological polar surface area (TPSA) is 49.4 Å². The predicted molar refractivity (Wildman–Crippen MR) is 73.1 cm³/mol. The maximum Gasteiger partial charge on any atom is 0.258 e. The SMILES string of the molecule is O=CNc1ccc(N2Cc3ccccc3C2=O)cc1. The van der Waals surface area contributed by atoms with Crippen LogP contribution in [0.4, 0.5) is 11.4 Å². The molecule has 1 aliphatic heterocycles. The molecule has 3 rings (SSSR count). The molecule has 0 aromatic heterocycles. The zero-order valence-corrected chi connectivity index (χ0v) is 10.2. The first-order valence-corrected chi connectivity index (χ1v) is 5.99. The second-order valence-corrected chi connectivity index (χ2v) is 4.36. The Kier molecular flexibility index (Phi) is 2.76. The Balaban J connectivity index is 1.89. The lowest BCUT2D eigenvalue weighted by Gasteiger charge is -2.16. The van der Waals surface area contributed by atoms with E-state index in [9.17, 15) is 9.59 Å². The molecule has 2 aromatic carbocycles. The molecule has 2 amide bonds. The molecule has 0 saturated heterocycles. The average molecular weight is 252 g/mol. The molecule has 0 unspecified atom stereocenters. The molecule has 0 atom stereocenters. The van der Waals surface area contributed by atoms with Gasteiger partial charge in [0, 0.05) is 16.9 Å². The highest BCUT2D eigenvalue weighted by molar-refractivity contribution is 6.10. The van der Waals surface area contributed by atoms with Crippen LogP contribution < -0.4 is 10.2 Å². The third-order valence-electron chi connectivity index (χ3n) is 3.23. The van der Waals surface area contributed by atoms with Gasteiger partial charge < -0.3 is 10.2 Å². The van der Waals surface area contributed by atoms with Crippen LogP contribution in [0.5, 0.6) is 0 Å². The molecule has 94 valence electrons.